The predicted octanol–water partition coefficient (Wildman–Crippen LogP) is 5.93. The number of halogens is 2. The van der Waals surface area contributed by atoms with Crippen molar-refractivity contribution >= 4 is 39.9 Å². The standard InChI is InChI=1S/C30H27ClFN5O/c1-3-6-29(38)37-15-13-36(14-16-37)28-12-10-22(18-34-28)21-9-11-27-24(17-21)30(25(31)19-33-27)35-20(2)23-7-4-5-8-26(23)32/h4-5,7-12,17-20H,13-16H2,1-2H3,(H,33,35). The summed E-state index contributed by atoms with van der Waals surface area (Å²) < 4.78 is 14.4. The van der Waals surface area contributed by atoms with Crippen molar-refractivity contribution < 1.29 is 9.18 Å². The first-order chi connectivity index (χ1) is 18.4. The minimum atomic E-state index is -0.298. The summed E-state index contributed by atoms with van der Waals surface area (Å²) in [5.74, 6) is 5.75. The summed E-state index contributed by atoms with van der Waals surface area (Å²) in [5, 5.41) is 4.70. The van der Waals surface area contributed by atoms with E-state index in [0.717, 1.165) is 27.8 Å². The molecule has 1 aliphatic heterocycles. The van der Waals surface area contributed by atoms with Crippen LogP contribution < -0.4 is 10.2 Å². The fourth-order valence-corrected chi connectivity index (χ4v) is 4.89. The molecular weight excluding hydrogens is 501 g/mol. The van der Waals surface area contributed by atoms with E-state index in [1.807, 2.05) is 49.5 Å². The number of nitrogens with zero attached hydrogens (tertiary/aromatic N) is 4. The Morgan fingerprint density at radius 1 is 1.03 bits per heavy atom. The smallest absolute Gasteiger partial charge is 0.298 e. The summed E-state index contributed by atoms with van der Waals surface area (Å²) in [4.78, 5) is 25.1. The summed E-state index contributed by atoms with van der Waals surface area (Å²) in [5.41, 5.74) is 3.98. The Morgan fingerprint density at radius 3 is 2.50 bits per heavy atom. The number of rotatable bonds is 5. The molecule has 1 amide bonds. The van der Waals surface area contributed by atoms with Gasteiger partial charge in [0.1, 0.15) is 11.6 Å². The molecule has 1 saturated heterocycles. The molecule has 1 atom stereocenters. The fraction of sp³-hybridized carbons (Fsp3) is 0.233. The Hall–Kier alpha value is -4.15. The lowest BCUT2D eigenvalue weighted by atomic mass is 10.0. The van der Waals surface area contributed by atoms with Crippen LogP contribution in [0.1, 0.15) is 25.5 Å². The molecule has 38 heavy (non-hydrogen) atoms. The van der Waals surface area contributed by atoms with E-state index in [9.17, 15) is 9.18 Å². The number of benzene rings is 2. The van der Waals surface area contributed by atoms with Gasteiger partial charge in [0.15, 0.2) is 0 Å². The number of piperazine rings is 1. The number of anilines is 2. The highest BCUT2D eigenvalue weighted by Crippen LogP contribution is 2.35. The predicted molar refractivity (Wildman–Crippen MR) is 151 cm³/mol. The Labute approximate surface area is 226 Å². The van der Waals surface area contributed by atoms with Crippen LogP contribution in [-0.4, -0.2) is 47.0 Å². The van der Waals surface area contributed by atoms with Crippen LogP contribution in [0.5, 0.6) is 0 Å². The van der Waals surface area contributed by atoms with Gasteiger partial charge in [-0.1, -0.05) is 41.8 Å². The van der Waals surface area contributed by atoms with E-state index in [-0.39, 0.29) is 17.8 Å². The Bertz CT molecular complexity index is 1540. The summed E-state index contributed by atoms with van der Waals surface area (Å²) >= 11 is 6.56. The first kappa shape index (κ1) is 25.5. The first-order valence-corrected chi connectivity index (χ1v) is 12.8. The molecule has 1 unspecified atom stereocenters. The van der Waals surface area contributed by atoms with Crippen molar-refractivity contribution in [2.75, 3.05) is 36.4 Å². The van der Waals surface area contributed by atoms with E-state index in [0.29, 0.717) is 42.5 Å². The van der Waals surface area contributed by atoms with Gasteiger partial charge in [-0.2, -0.15) is 0 Å². The van der Waals surface area contributed by atoms with Gasteiger partial charge in [0.05, 0.1) is 22.3 Å². The largest absolute Gasteiger partial charge is 0.377 e. The Morgan fingerprint density at radius 2 is 1.79 bits per heavy atom. The number of nitrogens with one attached hydrogen (secondary N) is 1. The van der Waals surface area contributed by atoms with Crippen LogP contribution >= 0.6 is 11.6 Å². The van der Waals surface area contributed by atoms with Crippen LogP contribution in [0.25, 0.3) is 22.0 Å². The minimum Gasteiger partial charge on any atom is -0.377 e. The molecule has 2 aromatic carbocycles. The van der Waals surface area contributed by atoms with E-state index in [2.05, 4.69) is 27.0 Å². The van der Waals surface area contributed by atoms with Gasteiger partial charge in [0, 0.05) is 55.1 Å². The van der Waals surface area contributed by atoms with Gasteiger partial charge in [0.2, 0.25) is 0 Å². The first-order valence-electron chi connectivity index (χ1n) is 12.5. The zero-order valence-electron chi connectivity index (χ0n) is 21.2. The number of fused-ring (bicyclic) bond motifs is 1. The highest BCUT2D eigenvalue weighted by atomic mass is 35.5. The van der Waals surface area contributed by atoms with Crippen LogP contribution in [0.4, 0.5) is 15.9 Å². The third kappa shape index (κ3) is 5.27. The molecule has 0 radical (unpaired) electrons. The van der Waals surface area contributed by atoms with Crippen LogP contribution in [0.3, 0.4) is 0 Å². The van der Waals surface area contributed by atoms with Gasteiger partial charge in [-0.15, -0.1) is 0 Å². The molecule has 8 heteroatoms. The summed E-state index contributed by atoms with van der Waals surface area (Å²) in [6.07, 6.45) is 3.46. The maximum Gasteiger partial charge on any atom is 0.298 e. The molecular formula is C30H27ClFN5O. The van der Waals surface area contributed by atoms with Gasteiger partial charge < -0.3 is 15.1 Å². The number of carbonyl (C=O) groups excluding carboxylic acids is 1. The number of hydrogen-bond donors (Lipinski definition) is 1. The Balaban J connectivity index is 1.37. The number of carbonyl (C=O) groups is 1. The van der Waals surface area contributed by atoms with Gasteiger partial charge in [-0.3, -0.25) is 9.78 Å². The van der Waals surface area contributed by atoms with E-state index < -0.39 is 0 Å². The Kier molecular flexibility index (Phi) is 7.43. The van der Waals surface area contributed by atoms with Crippen molar-refractivity contribution in [3.8, 4) is 23.0 Å². The molecule has 3 heterocycles. The highest BCUT2D eigenvalue weighted by Gasteiger charge is 2.21. The molecule has 0 aliphatic carbocycles. The second-order valence-electron chi connectivity index (χ2n) is 9.16. The number of pyridine rings is 2. The van der Waals surface area contributed by atoms with Crippen LogP contribution in [-0.2, 0) is 4.79 Å². The molecule has 1 aliphatic rings. The van der Waals surface area contributed by atoms with Gasteiger partial charge in [-0.25, -0.2) is 9.37 Å². The number of amides is 1. The SMILES string of the molecule is CC#CC(=O)N1CCN(c2ccc(-c3ccc4ncc(Cl)c(NC(C)c5ccccc5F)c4c3)cn2)CC1. The summed E-state index contributed by atoms with van der Waals surface area (Å²) in [6, 6.07) is 16.4. The van der Waals surface area contributed by atoms with Gasteiger partial charge in [-0.05, 0) is 55.7 Å². The number of aromatic nitrogens is 2. The lowest BCUT2D eigenvalue weighted by molar-refractivity contribution is -0.125. The molecule has 5 rings (SSSR count). The van der Waals surface area contributed by atoms with Crippen molar-refractivity contribution in [2.24, 2.45) is 0 Å². The van der Waals surface area contributed by atoms with E-state index in [1.165, 1.54) is 6.07 Å². The van der Waals surface area contributed by atoms with E-state index in [1.54, 1.807) is 30.2 Å². The zero-order valence-corrected chi connectivity index (χ0v) is 22.0. The molecule has 0 saturated carbocycles. The monoisotopic (exact) mass is 527 g/mol. The third-order valence-corrected chi connectivity index (χ3v) is 7.04. The maximum absolute atomic E-state index is 14.4. The molecule has 6 nitrogen and oxygen atoms in total. The fourth-order valence-electron chi connectivity index (χ4n) is 4.68. The van der Waals surface area contributed by atoms with Gasteiger partial charge >= 0.3 is 0 Å². The molecule has 192 valence electrons. The van der Waals surface area contributed by atoms with Crippen LogP contribution in [0.15, 0.2) is 67.0 Å². The molecule has 0 bridgehead atoms. The van der Waals surface area contributed by atoms with Crippen molar-refractivity contribution in [1.82, 2.24) is 14.9 Å². The van der Waals surface area contributed by atoms with Crippen LogP contribution in [0.2, 0.25) is 5.02 Å². The lowest BCUT2D eigenvalue weighted by Crippen LogP contribution is -2.48. The third-order valence-electron chi connectivity index (χ3n) is 6.76. The van der Waals surface area contributed by atoms with Crippen molar-refractivity contribution in [3.05, 3.63) is 83.4 Å². The zero-order chi connectivity index (χ0) is 26.6. The molecule has 1 N–H and O–H groups in total. The molecule has 0 spiro atoms. The van der Waals surface area contributed by atoms with Crippen molar-refractivity contribution in [3.63, 3.8) is 0 Å². The average Bonchev–Trinajstić information content (AvgIpc) is 2.95. The average molecular weight is 528 g/mol. The highest BCUT2D eigenvalue weighted by molar-refractivity contribution is 6.34. The summed E-state index contributed by atoms with van der Waals surface area (Å²) in [7, 11) is 0. The van der Waals surface area contributed by atoms with E-state index >= 15 is 0 Å². The lowest BCUT2D eigenvalue weighted by Gasteiger charge is -2.34. The molecule has 2 aromatic heterocycles. The normalized spacial score (nSPS) is 14.1. The van der Waals surface area contributed by atoms with Crippen molar-refractivity contribution in [1.29, 1.82) is 0 Å². The molecule has 1 fully saturated rings. The van der Waals surface area contributed by atoms with Crippen LogP contribution in [0, 0.1) is 17.7 Å². The summed E-state index contributed by atoms with van der Waals surface area (Å²) in [6.45, 7) is 6.23. The second kappa shape index (κ2) is 11.1. The van der Waals surface area contributed by atoms with Crippen molar-refractivity contribution in [2.45, 2.75) is 19.9 Å². The van der Waals surface area contributed by atoms with E-state index in [4.69, 9.17) is 16.6 Å². The minimum absolute atomic E-state index is 0.126. The number of hydrogen-bond acceptors (Lipinski definition) is 5. The van der Waals surface area contributed by atoms with Gasteiger partial charge in [0.25, 0.3) is 5.91 Å². The molecule has 4 aromatic rings. The maximum atomic E-state index is 14.4. The quantitative estimate of drug-likeness (QED) is 0.326. The topological polar surface area (TPSA) is 61.4 Å². The second-order valence-corrected chi connectivity index (χ2v) is 9.57.